The fourth-order valence-electron chi connectivity index (χ4n) is 7.62. The molecule has 0 aromatic carbocycles. The molecular weight excluding hydrogens is 804 g/mol. The van der Waals surface area contributed by atoms with Gasteiger partial charge in [0.05, 0.1) is 31.5 Å². The Bertz CT molecular complexity index is 1390. The lowest BCUT2D eigenvalue weighted by atomic mass is 9.94. The Labute approximate surface area is 337 Å². The highest BCUT2D eigenvalue weighted by atomic mass is 16.8. The average Bonchev–Trinajstić information content (AvgIpc) is 3.18. The third-order valence-corrected chi connectivity index (χ3v) is 11.0. The second-order valence-corrected chi connectivity index (χ2v) is 15.4. The highest BCUT2D eigenvalue weighted by Crippen LogP contribution is 2.37. The van der Waals surface area contributed by atoms with Crippen molar-refractivity contribution in [3.63, 3.8) is 0 Å². The van der Waals surface area contributed by atoms with Crippen molar-refractivity contribution in [3.8, 4) is 0 Å². The maximum Gasteiger partial charge on any atom is 0.217 e. The van der Waals surface area contributed by atoms with Crippen LogP contribution in [0.1, 0.15) is 34.6 Å². The molecule has 2 amide bonds. The van der Waals surface area contributed by atoms with Crippen LogP contribution < -0.4 is 10.6 Å². The van der Waals surface area contributed by atoms with Gasteiger partial charge in [-0.05, 0) is 20.8 Å². The lowest BCUT2D eigenvalue weighted by molar-refractivity contribution is -0.407. The Hall–Kier alpha value is -1.90. The van der Waals surface area contributed by atoms with Gasteiger partial charge in [-0.3, -0.25) is 9.59 Å². The Morgan fingerprint density at radius 1 is 0.441 bits per heavy atom. The molecule has 5 rings (SSSR count). The van der Waals surface area contributed by atoms with Crippen LogP contribution in [0.3, 0.4) is 0 Å². The lowest BCUT2D eigenvalue weighted by Crippen LogP contribution is -2.70. The first-order valence-electron chi connectivity index (χ1n) is 19.2. The summed E-state index contributed by atoms with van der Waals surface area (Å²) in [6, 6.07) is -3.06. The maximum absolute atomic E-state index is 12.2. The van der Waals surface area contributed by atoms with E-state index in [0.29, 0.717) is 0 Å². The summed E-state index contributed by atoms with van der Waals surface area (Å²) < 4.78 is 53.1. The average molecular weight is 863 g/mol. The molecule has 0 aromatic heterocycles. The van der Waals surface area contributed by atoms with Crippen LogP contribution in [0.15, 0.2) is 0 Å². The predicted octanol–water partition coefficient (Wildman–Crippen LogP) is -8.55. The van der Waals surface area contributed by atoms with Gasteiger partial charge in [-0.2, -0.15) is 0 Å². The molecule has 5 heterocycles. The van der Waals surface area contributed by atoms with Gasteiger partial charge in [-0.1, -0.05) is 0 Å². The summed E-state index contributed by atoms with van der Waals surface area (Å²) in [4.78, 5) is 24.3. The predicted molar refractivity (Wildman–Crippen MR) is 185 cm³/mol. The summed E-state index contributed by atoms with van der Waals surface area (Å²) in [6.45, 7) is 4.58. The number of aliphatic hydroxyl groups is 12. The number of nitrogens with one attached hydrogen (secondary N) is 2. The maximum atomic E-state index is 12.2. The minimum absolute atomic E-state index is 0.696. The number of hydrogen-bond acceptors (Lipinski definition) is 23. The number of rotatable bonds is 12. The van der Waals surface area contributed by atoms with Crippen molar-refractivity contribution >= 4 is 11.8 Å². The zero-order chi connectivity index (χ0) is 43.8. The molecule has 5 fully saturated rings. The largest absolute Gasteiger partial charge is 0.394 e. The van der Waals surface area contributed by atoms with Crippen molar-refractivity contribution in [1.29, 1.82) is 0 Å². The zero-order valence-corrected chi connectivity index (χ0v) is 32.7. The molecular formula is C34H58N2O23. The van der Waals surface area contributed by atoms with Gasteiger partial charge in [0.25, 0.3) is 0 Å². The molecule has 25 atom stereocenters. The summed E-state index contributed by atoms with van der Waals surface area (Å²) in [5.41, 5.74) is 0. The van der Waals surface area contributed by atoms with Crippen LogP contribution >= 0.6 is 0 Å². The molecule has 0 saturated carbocycles. The van der Waals surface area contributed by atoms with Crippen LogP contribution in [0.25, 0.3) is 0 Å². The molecule has 5 saturated heterocycles. The van der Waals surface area contributed by atoms with Gasteiger partial charge in [0.1, 0.15) is 104 Å². The van der Waals surface area contributed by atoms with E-state index in [1.165, 1.54) is 20.8 Å². The number of aliphatic hydroxyl groups excluding tert-OH is 12. The number of hydrogen-bond donors (Lipinski definition) is 14. The van der Waals surface area contributed by atoms with Gasteiger partial charge in [-0.15, -0.1) is 0 Å². The molecule has 0 radical (unpaired) electrons. The van der Waals surface area contributed by atoms with Crippen LogP contribution in [0, 0.1) is 0 Å². The van der Waals surface area contributed by atoms with Gasteiger partial charge < -0.3 is 115 Å². The molecule has 5 aliphatic heterocycles. The number of carbonyl (C=O) groups excluding carboxylic acids is 2. The van der Waals surface area contributed by atoms with E-state index in [1.54, 1.807) is 0 Å². The van der Waals surface area contributed by atoms with E-state index >= 15 is 0 Å². The summed E-state index contributed by atoms with van der Waals surface area (Å²) in [6.07, 6.45) is -38.9. The summed E-state index contributed by atoms with van der Waals surface area (Å²) in [5.74, 6) is -1.41. The van der Waals surface area contributed by atoms with Gasteiger partial charge in [0, 0.05) is 13.8 Å². The Morgan fingerprint density at radius 3 is 1.29 bits per heavy atom. The van der Waals surface area contributed by atoms with E-state index in [0.717, 1.165) is 13.8 Å². The summed E-state index contributed by atoms with van der Waals surface area (Å²) in [5, 5.41) is 134. The summed E-state index contributed by atoms with van der Waals surface area (Å²) >= 11 is 0. The molecule has 0 aromatic rings. The van der Waals surface area contributed by atoms with Crippen molar-refractivity contribution < 1.29 is 113 Å². The quantitative estimate of drug-likeness (QED) is 0.0866. The normalized spacial score (nSPS) is 50.8. The molecule has 14 N–H and O–H groups in total. The molecule has 0 spiro atoms. The monoisotopic (exact) mass is 862 g/mol. The first-order chi connectivity index (χ1) is 27.7. The second-order valence-electron chi connectivity index (χ2n) is 15.4. The highest BCUT2D eigenvalue weighted by Gasteiger charge is 2.57. The number of amides is 2. The third kappa shape index (κ3) is 10.3. The van der Waals surface area contributed by atoms with E-state index < -0.39 is 178 Å². The first-order valence-corrected chi connectivity index (χ1v) is 19.2. The van der Waals surface area contributed by atoms with Crippen molar-refractivity contribution in [2.24, 2.45) is 0 Å². The van der Waals surface area contributed by atoms with Crippen molar-refractivity contribution in [1.82, 2.24) is 10.6 Å². The van der Waals surface area contributed by atoms with Crippen LogP contribution in [-0.4, -0.2) is 240 Å². The van der Waals surface area contributed by atoms with Gasteiger partial charge in [-0.25, -0.2) is 0 Å². The highest BCUT2D eigenvalue weighted by molar-refractivity contribution is 5.73. The van der Waals surface area contributed by atoms with Crippen LogP contribution in [0.5, 0.6) is 0 Å². The number of ether oxygens (including phenoxy) is 9. The van der Waals surface area contributed by atoms with Gasteiger partial charge >= 0.3 is 0 Å². The fourth-order valence-corrected chi connectivity index (χ4v) is 7.62. The summed E-state index contributed by atoms with van der Waals surface area (Å²) in [7, 11) is 0. The topological polar surface area (TPSA) is 384 Å². The lowest BCUT2D eigenvalue weighted by Gasteiger charge is -2.51. The van der Waals surface area contributed by atoms with Crippen LogP contribution in [0.2, 0.25) is 0 Å². The standard InChI is InChI=1S/C34H58N2O23/c1-8-17(41)24(48)25(49)33(52-8)59-29-27(57-32-16(36-12(5)40)23(47)21(45)14(7-38)55-32)19(43)10(3)53-34(29)58-28-26(18(42)9(2)51-30(28)50)56-31-15(35-11(4)39)22(46)20(44)13(6-37)54-31/h8-10,13-34,37-38,41-50H,6-7H2,1-5H3,(H,35,39)(H,36,40)/t8-,9-,10-,13+,14+,15+,16+,17-,18-,19-,20+,21+,22+,23+,24+,25+,26+,27+,28+,29+,30+,31-,32-,33-,34-/m0/s1. The Kier molecular flexibility index (Phi) is 16.4. The molecule has 0 bridgehead atoms. The van der Waals surface area contributed by atoms with E-state index in [-0.39, 0.29) is 0 Å². The van der Waals surface area contributed by atoms with Crippen molar-refractivity contribution in [3.05, 3.63) is 0 Å². The zero-order valence-electron chi connectivity index (χ0n) is 32.7. The number of carbonyl (C=O) groups is 2. The minimum atomic E-state index is -1.99. The third-order valence-electron chi connectivity index (χ3n) is 11.0. The Balaban J connectivity index is 1.53. The molecule has 25 heteroatoms. The fraction of sp³-hybridized carbons (Fsp3) is 0.941. The van der Waals surface area contributed by atoms with Crippen molar-refractivity contribution in [2.75, 3.05) is 13.2 Å². The Morgan fingerprint density at radius 2 is 0.831 bits per heavy atom. The second kappa shape index (κ2) is 20.1. The van der Waals surface area contributed by atoms with E-state index in [2.05, 4.69) is 10.6 Å². The van der Waals surface area contributed by atoms with Crippen LogP contribution in [0.4, 0.5) is 0 Å². The molecule has 5 aliphatic rings. The van der Waals surface area contributed by atoms with Crippen LogP contribution in [-0.2, 0) is 52.2 Å². The van der Waals surface area contributed by atoms with E-state index in [1.807, 2.05) is 0 Å². The first kappa shape index (κ1) is 48.1. The molecule has 0 unspecified atom stereocenters. The molecule has 342 valence electrons. The molecule has 59 heavy (non-hydrogen) atoms. The van der Waals surface area contributed by atoms with Gasteiger partial charge in [0.2, 0.25) is 11.8 Å². The van der Waals surface area contributed by atoms with E-state index in [9.17, 15) is 70.9 Å². The molecule has 0 aliphatic carbocycles. The van der Waals surface area contributed by atoms with Gasteiger partial charge in [0.15, 0.2) is 31.5 Å². The molecule has 25 nitrogen and oxygen atoms in total. The SMILES string of the molecule is CC(=O)N[C@H]1[C@H](O[C@@H]2[C@@H](O)[C@H](C)O[C@@H](O)[C@@H]2O[C@@H]2O[C@@H](C)[C@H](O)[C@@H](O[C@@H]3O[C@H](CO)[C@@H](O)[C@H](O)[C@H]3NC(C)=O)[C@H]2O[C@@H]2O[C@@H](C)[C@H](O)[C@@H](O)[C@H]2O)O[C@H](CO)[C@@H](O)[C@@H]1O. The smallest absolute Gasteiger partial charge is 0.217 e. The van der Waals surface area contributed by atoms with Crippen molar-refractivity contribution in [2.45, 2.75) is 188 Å². The minimum Gasteiger partial charge on any atom is -0.394 e. The van der Waals surface area contributed by atoms with E-state index in [4.69, 9.17) is 42.6 Å².